The molecule has 2 amide bonds. The first-order chi connectivity index (χ1) is 19.7. The molecule has 1 unspecified atom stereocenters. The van der Waals surface area contributed by atoms with Crippen LogP contribution in [-0.2, 0) is 22.6 Å². The summed E-state index contributed by atoms with van der Waals surface area (Å²) in [6.45, 7) is 4.04. The van der Waals surface area contributed by atoms with Gasteiger partial charge in [-0.25, -0.2) is 0 Å². The molecule has 7 heteroatoms. The summed E-state index contributed by atoms with van der Waals surface area (Å²) < 4.78 is 0. The van der Waals surface area contributed by atoms with E-state index in [1.807, 2.05) is 61.5 Å². The van der Waals surface area contributed by atoms with E-state index in [9.17, 15) is 24.6 Å². The van der Waals surface area contributed by atoms with Crippen molar-refractivity contribution in [3.8, 4) is 5.75 Å². The Kier molecular flexibility index (Phi) is 8.54. The van der Waals surface area contributed by atoms with Crippen LogP contribution < -0.4 is 10.6 Å². The minimum Gasteiger partial charge on any atom is -0.508 e. The number of phenolic OH excluding ortho intramolecular Hbond substituents is 1. The normalized spacial score (nSPS) is 22.6. The molecule has 0 radical (unpaired) electrons. The lowest BCUT2D eigenvalue weighted by atomic mass is 9.74. The number of phenols is 1. The first-order valence-electron chi connectivity index (χ1n) is 14.4. The Morgan fingerprint density at radius 3 is 2.29 bits per heavy atom. The Morgan fingerprint density at radius 2 is 1.56 bits per heavy atom. The second-order valence-corrected chi connectivity index (χ2v) is 11.6. The van der Waals surface area contributed by atoms with Gasteiger partial charge in [-0.05, 0) is 80.2 Å². The highest BCUT2D eigenvalue weighted by atomic mass is 16.3. The summed E-state index contributed by atoms with van der Waals surface area (Å²) in [7, 11) is 0. The number of ketones is 1. The Labute approximate surface area is 241 Å². The first-order valence-corrected chi connectivity index (χ1v) is 14.4. The van der Waals surface area contributed by atoms with E-state index in [0.717, 1.165) is 36.0 Å². The van der Waals surface area contributed by atoms with Crippen molar-refractivity contribution >= 4 is 17.6 Å². The lowest BCUT2D eigenvalue weighted by Crippen LogP contribution is -2.52. The van der Waals surface area contributed by atoms with Gasteiger partial charge in [-0.15, -0.1) is 0 Å². The van der Waals surface area contributed by atoms with E-state index >= 15 is 0 Å². The zero-order chi connectivity index (χ0) is 29.1. The molecular formula is C34H38N2O5. The maximum absolute atomic E-state index is 14.0. The molecule has 2 aliphatic carbocycles. The van der Waals surface area contributed by atoms with E-state index in [2.05, 4.69) is 10.6 Å². The molecule has 0 aliphatic heterocycles. The number of hydrogen-bond donors (Lipinski definition) is 4. The third kappa shape index (κ3) is 6.05. The molecule has 2 aliphatic rings. The molecule has 3 aromatic carbocycles. The van der Waals surface area contributed by atoms with Crippen molar-refractivity contribution < 1.29 is 24.6 Å². The fraction of sp³-hybridized carbons (Fsp3) is 0.382. The first kappa shape index (κ1) is 28.6. The number of benzene rings is 3. The second-order valence-electron chi connectivity index (χ2n) is 11.6. The van der Waals surface area contributed by atoms with Crippen molar-refractivity contribution in [3.63, 3.8) is 0 Å². The van der Waals surface area contributed by atoms with Gasteiger partial charge in [0.2, 0.25) is 5.91 Å². The fourth-order valence-corrected chi connectivity index (χ4v) is 6.81. The van der Waals surface area contributed by atoms with E-state index in [-0.39, 0.29) is 41.3 Å². The maximum Gasteiger partial charge on any atom is 0.252 e. The number of aliphatic hydroxyl groups is 1. The predicted octanol–water partition coefficient (Wildman–Crippen LogP) is 4.26. The van der Waals surface area contributed by atoms with Crippen LogP contribution in [0.1, 0.15) is 51.9 Å². The summed E-state index contributed by atoms with van der Waals surface area (Å²) in [6.07, 6.45) is 1.29. The van der Waals surface area contributed by atoms with Gasteiger partial charge in [0.25, 0.3) is 5.91 Å². The van der Waals surface area contributed by atoms with Gasteiger partial charge in [0, 0.05) is 23.6 Å². The largest absolute Gasteiger partial charge is 0.508 e. The van der Waals surface area contributed by atoms with Gasteiger partial charge >= 0.3 is 0 Å². The van der Waals surface area contributed by atoms with Crippen LogP contribution in [0, 0.1) is 37.5 Å². The number of rotatable bonds is 10. The van der Waals surface area contributed by atoms with E-state index < -0.39 is 29.9 Å². The van der Waals surface area contributed by atoms with Crippen molar-refractivity contribution in [2.75, 3.05) is 0 Å². The third-order valence-corrected chi connectivity index (χ3v) is 9.10. The molecule has 2 fully saturated rings. The van der Waals surface area contributed by atoms with Crippen LogP contribution in [-0.4, -0.2) is 40.0 Å². The van der Waals surface area contributed by atoms with Crippen molar-refractivity contribution in [2.45, 2.75) is 58.2 Å². The molecule has 0 spiro atoms. The van der Waals surface area contributed by atoms with Gasteiger partial charge in [-0.1, -0.05) is 60.7 Å². The van der Waals surface area contributed by atoms with Crippen molar-refractivity contribution in [1.29, 1.82) is 0 Å². The molecule has 41 heavy (non-hydrogen) atoms. The van der Waals surface area contributed by atoms with Crippen LogP contribution in [0.25, 0.3) is 0 Å². The van der Waals surface area contributed by atoms with Crippen LogP contribution in [0.15, 0.2) is 72.8 Å². The second kappa shape index (κ2) is 12.3. The maximum atomic E-state index is 14.0. The van der Waals surface area contributed by atoms with Crippen molar-refractivity contribution in [1.82, 2.24) is 10.6 Å². The summed E-state index contributed by atoms with van der Waals surface area (Å²) in [5.41, 5.74) is 3.67. The number of carbonyl (C=O) groups excluding carboxylic acids is 3. The lowest BCUT2D eigenvalue weighted by molar-refractivity contribution is -0.141. The highest BCUT2D eigenvalue weighted by Crippen LogP contribution is 2.53. The lowest BCUT2D eigenvalue weighted by Gasteiger charge is -2.33. The molecule has 214 valence electrons. The van der Waals surface area contributed by atoms with Crippen LogP contribution >= 0.6 is 0 Å². The van der Waals surface area contributed by atoms with Crippen LogP contribution in [0.2, 0.25) is 0 Å². The molecular weight excluding hydrogens is 516 g/mol. The van der Waals surface area contributed by atoms with E-state index in [0.29, 0.717) is 12.1 Å². The number of aromatic hydroxyl groups is 1. The minimum atomic E-state index is -1.49. The summed E-state index contributed by atoms with van der Waals surface area (Å²) in [6, 6.07) is 21.0. The van der Waals surface area contributed by atoms with Gasteiger partial charge < -0.3 is 20.8 Å². The number of carbonyl (C=O) groups is 3. The Bertz CT molecular complexity index is 1420. The average Bonchev–Trinajstić information content (AvgIpc) is 3.60. The number of amides is 2. The topological polar surface area (TPSA) is 116 Å². The highest BCUT2D eigenvalue weighted by molar-refractivity contribution is 5.98. The molecule has 2 bridgehead atoms. The van der Waals surface area contributed by atoms with Gasteiger partial charge in [0.05, 0.1) is 12.0 Å². The van der Waals surface area contributed by atoms with E-state index in [1.165, 1.54) is 6.07 Å². The van der Waals surface area contributed by atoms with Crippen molar-refractivity contribution in [3.05, 3.63) is 101 Å². The number of fused-ring (bicyclic) bond motifs is 2. The monoisotopic (exact) mass is 554 g/mol. The van der Waals surface area contributed by atoms with Gasteiger partial charge in [0.1, 0.15) is 11.9 Å². The van der Waals surface area contributed by atoms with Gasteiger partial charge in [0.15, 0.2) is 5.78 Å². The molecule has 0 aromatic heterocycles. The Hall–Kier alpha value is -3.97. The molecule has 7 nitrogen and oxygen atoms in total. The number of Topliss-reactive ketones (excluding diaryl/α,β-unsaturated/α-hetero) is 1. The van der Waals surface area contributed by atoms with Crippen LogP contribution in [0.3, 0.4) is 0 Å². The SMILES string of the molecule is Cc1ccccc1CNC(=O)[C@H]1C(C(=O)[C@@H](O)[C@H](Cc2ccccc2)NC(=O)c2cccc(O)c2C)[C@@H]2CC[C@@H]1C2. The molecule has 2 saturated carbocycles. The van der Waals surface area contributed by atoms with Crippen LogP contribution in [0.4, 0.5) is 0 Å². The zero-order valence-electron chi connectivity index (χ0n) is 23.5. The number of aliphatic hydroxyl groups excluding tert-OH is 1. The molecule has 6 atom stereocenters. The summed E-state index contributed by atoms with van der Waals surface area (Å²) in [5, 5.41) is 27.6. The van der Waals surface area contributed by atoms with Gasteiger partial charge in [-0.3, -0.25) is 14.4 Å². The summed E-state index contributed by atoms with van der Waals surface area (Å²) in [5.74, 6) is -1.97. The summed E-state index contributed by atoms with van der Waals surface area (Å²) >= 11 is 0. The standard InChI is InChI=1S/C34H38N2O5/c1-20-9-6-7-12-25(20)19-35-34(41)30-24-16-15-23(18-24)29(30)32(39)31(38)27(17-22-10-4-3-5-11-22)36-33(40)26-13-8-14-28(37)21(26)2/h3-14,23-24,27,29-31,37-38H,15-19H2,1-2H3,(H,35,41)(H,36,40)/t23-,24-,27+,29?,30-,31+/m1/s1. The van der Waals surface area contributed by atoms with Crippen molar-refractivity contribution in [2.24, 2.45) is 23.7 Å². The van der Waals surface area contributed by atoms with E-state index in [1.54, 1.807) is 19.1 Å². The number of nitrogens with one attached hydrogen (secondary N) is 2. The molecule has 0 heterocycles. The minimum absolute atomic E-state index is 0.00424. The Balaban J connectivity index is 1.36. The van der Waals surface area contributed by atoms with E-state index in [4.69, 9.17) is 0 Å². The average molecular weight is 555 g/mol. The highest BCUT2D eigenvalue weighted by Gasteiger charge is 2.55. The molecule has 4 N–H and O–H groups in total. The zero-order valence-corrected chi connectivity index (χ0v) is 23.5. The van der Waals surface area contributed by atoms with Crippen LogP contribution in [0.5, 0.6) is 5.75 Å². The summed E-state index contributed by atoms with van der Waals surface area (Å²) in [4.78, 5) is 40.8. The molecule has 3 aromatic rings. The predicted molar refractivity (Wildman–Crippen MR) is 156 cm³/mol. The quantitative estimate of drug-likeness (QED) is 0.299. The smallest absolute Gasteiger partial charge is 0.252 e. The number of hydrogen-bond acceptors (Lipinski definition) is 5. The fourth-order valence-electron chi connectivity index (χ4n) is 6.81. The number of aryl methyl sites for hydroxylation is 1. The Morgan fingerprint density at radius 1 is 0.878 bits per heavy atom. The molecule has 0 saturated heterocycles. The molecule has 5 rings (SSSR count). The third-order valence-electron chi connectivity index (χ3n) is 9.10. The van der Waals surface area contributed by atoms with Gasteiger partial charge in [-0.2, -0.15) is 0 Å².